The van der Waals surface area contributed by atoms with Crippen LogP contribution in [0.2, 0.25) is 0 Å². The minimum Gasteiger partial charge on any atom is -0.480 e. The summed E-state index contributed by atoms with van der Waals surface area (Å²) in [5.41, 5.74) is 2.79. The molecule has 106 valence electrons. The molecule has 0 amide bonds. The number of benzene rings is 1. The summed E-state index contributed by atoms with van der Waals surface area (Å²) in [6.07, 6.45) is 1.14. The molecule has 1 aromatic carbocycles. The van der Waals surface area contributed by atoms with Gasteiger partial charge in [0.2, 0.25) is 0 Å². The predicted octanol–water partition coefficient (Wildman–Crippen LogP) is 1.10. The lowest BCUT2D eigenvalue weighted by atomic mass is 10.0. The van der Waals surface area contributed by atoms with E-state index in [1.54, 1.807) is 13.0 Å². The van der Waals surface area contributed by atoms with Crippen molar-refractivity contribution in [2.45, 2.75) is 19.8 Å². The normalized spacial score (nSPS) is 13.2. The summed E-state index contributed by atoms with van der Waals surface area (Å²) in [7, 11) is 0. The molecule has 1 aliphatic carbocycles. The number of nitrogens with zero attached hydrogens (tertiary/aromatic N) is 1. The minimum atomic E-state index is -1.11. The smallest absolute Gasteiger partial charge is 0.323 e. The van der Waals surface area contributed by atoms with Crippen molar-refractivity contribution in [1.82, 2.24) is 0 Å². The van der Waals surface area contributed by atoms with Crippen LogP contribution in [-0.4, -0.2) is 41.0 Å². The molecule has 0 atom stereocenters. The van der Waals surface area contributed by atoms with Crippen molar-refractivity contribution in [3.8, 4) is 0 Å². The Hall–Kier alpha value is -2.37. The lowest BCUT2D eigenvalue weighted by Crippen LogP contribution is -2.35. The molecule has 0 fully saturated rings. The highest BCUT2D eigenvalue weighted by molar-refractivity contribution is 6.01. The third-order valence-corrected chi connectivity index (χ3v) is 3.34. The van der Waals surface area contributed by atoms with Crippen LogP contribution in [0.5, 0.6) is 0 Å². The van der Waals surface area contributed by atoms with E-state index in [-0.39, 0.29) is 5.78 Å². The summed E-state index contributed by atoms with van der Waals surface area (Å²) in [4.78, 5) is 34.7. The van der Waals surface area contributed by atoms with E-state index in [4.69, 9.17) is 10.2 Å². The first-order valence-corrected chi connectivity index (χ1v) is 6.23. The average Bonchev–Trinajstić information content (AvgIpc) is 2.67. The monoisotopic (exact) mass is 277 g/mol. The molecule has 0 aromatic heterocycles. The van der Waals surface area contributed by atoms with Gasteiger partial charge < -0.3 is 15.1 Å². The zero-order valence-corrected chi connectivity index (χ0v) is 11.0. The third-order valence-electron chi connectivity index (χ3n) is 3.34. The fraction of sp³-hybridized carbons (Fsp3) is 0.357. The van der Waals surface area contributed by atoms with Crippen molar-refractivity contribution in [1.29, 1.82) is 0 Å². The highest BCUT2D eigenvalue weighted by atomic mass is 16.4. The molecule has 2 rings (SSSR count). The second-order valence-electron chi connectivity index (χ2n) is 4.86. The van der Waals surface area contributed by atoms with Gasteiger partial charge in [0.05, 0.1) is 0 Å². The molecule has 0 saturated carbocycles. The molecule has 1 aliphatic rings. The number of aliphatic carboxylic acids is 2. The van der Waals surface area contributed by atoms with Crippen molar-refractivity contribution in [2.75, 3.05) is 18.0 Å². The molecule has 2 N–H and O–H groups in total. The van der Waals surface area contributed by atoms with Gasteiger partial charge >= 0.3 is 11.9 Å². The van der Waals surface area contributed by atoms with E-state index in [0.29, 0.717) is 24.1 Å². The third kappa shape index (κ3) is 2.79. The average molecular weight is 277 g/mol. The first-order valence-electron chi connectivity index (χ1n) is 6.23. The summed E-state index contributed by atoms with van der Waals surface area (Å²) in [6.45, 7) is 0.954. The molecule has 6 heteroatoms. The van der Waals surface area contributed by atoms with E-state index >= 15 is 0 Å². The predicted molar refractivity (Wildman–Crippen MR) is 71.3 cm³/mol. The number of carbonyl (C=O) groups excluding carboxylic acids is 1. The number of rotatable bonds is 5. The number of fused-ring (bicyclic) bond motifs is 1. The maximum atomic E-state index is 11.7. The fourth-order valence-electron chi connectivity index (χ4n) is 2.50. The molecule has 1 aromatic rings. The van der Waals surface area contributed by atoms with Crippen LogP contribution in [0.25, 0.3) is 0 Å². The SMILES string of the molecule is Cc1cc2c(cc1N(CC(=O)O)CC(=O)O)C(=O)CC2. The Bertz CT molecular complexity index is 577. The number of carboxylic acid groups (broad SMARTS) is 2. The standard InChI is InChI=1S/C14H15NO5/c1-8-4-9-2-3-12(16)10(9)5-11(8)15(6-13(17)18)7-14(19)20/h4-5H,2-3,6-7H2,1H3,(H,17,18)(H,19,20). The first kappa shape index (κ1) is 14.0. The molecule has 0 radical (unpaired) electrons. The van der Waals surface area contributed by atoms with Gasteiger partial charge in [-0.25, -0.2) is 0 Å². The Labute approximate surface area is 115 Å². The number of ketones is 1. The Morgan fingerprint density at radius 1 is 1.15 bits per heavy atom. The highest BCUT2D eigenvalue weighted by Crippen LogP contribution is 2.30. The summed E-state index contributed by atoms with van der Waals surface area (Å²) in [5.74, 6) is -2.21. The Balaban J connectivity index is 2.42. The lowest BCUT2D eigenvalue weighted by molar-refractivity contribution is -0.136. The molecular weight excluding hydrogens is 262 g/mol. The Morgan fingerprint density at radius 2 is 1.75 bits per heavy atom. The van der Waals surface area contributed by atoms with E-state index in [2.05, 4.69) is 0 Å². The van der Waals surface area contributed by atoms with Crippen LogP contribution in [0.1, 0.15) is 27.9 Å². The zero-order chi connectivity index (χ0) is 14.9. The molecule has 0 saturated heterocycles. The molecular formula is C14H15NO5. The molecule has 20 heavy (non-hydrogen) atoms. The molecule has 6 nitrogen and oxygen atoms in total. The van der Waals surface area contributed by atoms with Crippen molar-refractivity contribution in [2.24, 2.45) is 0 Å². The summed E-state index contributed by atoms with van der Waals surface area (Å²) >= 11 is 0. The van der Waals surface area contributed by atoms with Crippen LogP contribution in [0.3, 0.4) is 0 Å². The van der Waals surface area contributed by atoms with Gasteiger partial charge in [-0.05, 0) is 30.5 Å². The van der Waals surface area contributed by atoms with E-state index in [1.807, 2.05) is 6.07 Å². The van der Waals surface area contributed by atoms with Crippen molar-refractivity contribution < 1.29 is 24.6 Å². The largest absolute Gasteiger partial charge is 0.480 e. The van der Waals surface area contributed by atoms with Crippen molar-refractivity contribution in [3.05, 3.63) is 28.8 Å². The van der Waals surface area contributed by atoms with E-state index < -0.39 is 25.0 Å². The highest BCUT2D eigenvalue weighted by Gasteiger charge is 2.24. The number of aryl methyl sites for hydroxylation is 2. The molecule has 0 unspecified atom stereocenters. The van der Waals surface area contributed by atoms with Crippen LogP contribution < -0.4 is 4.90 Å². The maximum absolute atomic E-state index is 11.7. The van der Waals surface area contributed by atoms with Gasteiger partial charge in [-0.1, -0.05) is 6.07 Å². The van der Waals surface area contributed by atoms with Crippen LogP contribution in [0.4, 0.5) is 5.69 Å². The topological polar surface area (TPSA) is 94.9 Å². The summed E-state index contributed by atoms with van der Waals surface area (Å²) in [6, 6.07) is 3.46. The Morgan fingerprint density at radius 3 is 2.30 bits per heavy atom. The number of carboxylic acids is 2. The molecule has 0 spiro atoms. The second-order valence-corrected chi connectivity index (χ2v) is 4.86. The van der Waals surface area contributed by atoms with Crippen molar-refractivity contribution in [3.63, 3.8) is 0 Å². The van der Waals surface area contributed by atoms with E-state index in [0.717, 1.165) is 11.1 Å². The van der Waals surface area contributed by atoms with Gasteiger partial charge in [0.1, 0.15) is 13.1 Å². The number of carbonyl (C=O) groups is 3. The van der Waals surface area contributed by atoms with Gasteiger partial charge in [-0.2, -0.15) is 0 Å². The fourth-order valence-corrected chi connectivity index (χ4v) is 2.50. The molecule has 0 bridgehead atoms. The van der Waals surface area contributed by atoms with E-state index in [9.17, 15) is 14.4 Å². The zero-order valence-electron chi connectivity index (χ0n) is 11.0. The first-order chi connectivity index (χ1) is 9.38. The van der Waals surface area contributed by atoms with Gasteiger partial charge in [0.15, 0.2) is 5.78 Å². The molecule has 0 heterocycles. The summed E-state index contributed by atoms with van der Waals surface area (Å²) < 4.78 is 0. The maximum Gasteiger partial charge on any atom is 0.323 e. The quantitative estimate of drug-likeness (QED) is 0.836. The Kier molecular flexibility index (Phi) is 3.74. The van der Waals surface area contributed by atoms with E-state index in [1.165, 1.54) is 4.90 Å². The number of anilines is 1. The molecule has 0 aliphatic heterocycles. The van der Waals surface area contributed by atoms with Crippen LogP contribution in [0.15, 0.2) is 12.1 Å². The van der Waals surface area contributed by atoms with Crippen LogP contribution >= 0.6 is 0 Å². The number of Topliss-reactive ketones (excluding diaryl/α,β-unsaturated/α-hetero) is 1. The van der Waals surface area contributed by atoms with Crippen LogP contribution in [-0.2, 0) is 16.0 Å². The van der Waals surface area contributed by atoms with Crippen molar-refractivity contribution >= 4 is 23.4 Å². The van der Waals surface area contributed by atoms with Gasteiger partial charge in [-0.3, -0.25) is 14.4 Å². The van der Waals surface area contributed by atoms with Gasteiger partial charge in [-0.15, -0.1) is 0 Å². The van der Waals surface area contributed by atoms with Gasteiger partial charge in [0, 0.05) is 17.7 Å². The number of hydrogen-bond donors (Lipinski definition) is 2. The minimum absolute atomic E-state index is 0.0202. The van der Waals surface area contributed by atoms with Gasteiger partial charge in [0.25, 0.3) is 0 Å². The number of hydrogen-bond acceptors (Lipinski definition) is 4. The lowest BCUT2D eigenvalue weighted by Gasteiger charge is -2.23. The second kappa shape index (κ2) is 5.32. The summed E-state index contributed by atoms with van der Waals surface area (Å²) in [5, 5.41) is 17.8. The van der Waals surface area contributed by atoms with Crippen LogP contribution in [0, 0.1) is 6.92 Å².